The molecule has 2 nitrogen and oxygen atoms in total. The Kier molecular flexibility index (Phi) is 2.48. The minimum Gasteiger partial charge on any atom is -0.310 e. The second-order valence-electron chi connectivity index (χ2n) is 4.60. The molecule has 3 rings (SSSR count). The highest BCUT2D eigenvalue weighted by Gasteiger charge is 2.32. The van der Waals surface area contributed by atoms with Crippen LogP contribution in [0.4, 0.5) is 4.39 Å². The highest BCUT2D eigenvalue weighted by molar-refractivity contribution is 5.71. The van der Waals surface area contributed by atoms with Crippen molar-refractivity contribution in [3.8, 4) is 0 Å². The molecule has 3 heteroatoms. The minimum atomic E-state index is -0.407. The first-order chi connectivity index (χ1) is 7.84. The summed E-state index contributed by atoms with van der Waals surface area (Å²) in [5.41, 5.74) is 2.36. The third-order valence-electron chi connectivity index (χ3n) is 3.62. The number of hydrogen-bond acceptors (Lipinski definition) is 2. The van der Waals surface area contributed by atoms with Gasteiger partial charge in [0.2, 0.25) is 5.95 Å². The molecule has 1 aliphatic heterocycles. The maximum Gasteiger partial charge on any atom is 0.212 e. The summed E-state index contributed by atoms with van der Waals surface area (Å²) in [7, 11) is 0. The van der Waals surface area contributed by atoms with Gasteiger partial charge in [-0.1, -0.05) is 6.08 Å². The minimum absolute atomic E-state index is 0.407. The predicted molar refractivity (Wildman–Crippen MR) is 61.3 cm³/mol. The number of hydrogen-bond donors (Lipinski definition) is 1. The van der Waals surface area contributed by atoms with E-state index in [-0.39, 0.29) is 0 Å². The molecule has 1 N–H and O–H groups in total. The summed E-state index contributed by atoms with van der Waals surface area (Å²) in [4.78, 5) is 3.73. The molecule has 2 heterocycles. The van der Waals surface area contributed by atoms with Crippen LogP contribution in [0.15, 0.2) is 24.4 Å². The van der Waals surface area contributed by atoms with Crippen molar-refractivity contribution < 1.29 is 4.39 Å². The lowest BCUT2D eigenvalue weighted by Crippen LogP contribution is -2.39. The van der Waals surface area contributed by atoms with Crippen LogP contribution < -0.4 is 5.32 Å². The Morgan fingerprint density at radius 1 is 1.38 bits per heavy atom. The molecule has 0 unspecified atom stereocenters. The smallest absolute Gasteiger partial charge is 0.212 e. The van der Waals surface area contributed by atoms with Gasteiger partial charge in [0.1, 0.15) is 0 Å². The Hall–Kier alpha value is -1.22. The molecule has 0 aromatic carbocycles. The van der Waals surface area contributed by atoms with Crippen molar-refractivity contribution >= 4 is 5.57 Å². The zero-order valence-corrected chi connectivity index (χ0v) is 9.12. The van der Waals surface area contributed by atoms with Crippen LogP contribution in [0.1, 0.15) is 24.8 Å². The average molecular weight is 218 g/mol. The zero-order chi connectivity index (χ0) is 11.0. The van der Waals surface area contributed by atoms with Crippen molar-refractivity contribution in [2.24, 2.45) is 5.92 Å². The highest BCUT2D eigenvalue weighted by Crippen LogP contribution is 2.36. The van der Waals surface area contributed by atoms with Gasteiger partial charge in [-0.3, -0.25) is 0 Å². The lowest BCUT2D eigenvalue weighted by Gasteiger charge is -2.29. The number of rotatable bonds is 1. The van der Waals surface area contributed by atoms with Gasteiger partial charge in [-0.15, -0.1) is 0 Å². The van der Waals surface area contributed by atoms with E-state index in [0.717, 1.165) is 24.4 Å². The lowest BCUT2D eigenvalue weighted by molar-refractivity contribution is 0.346. The van der Waals surface area contributed by atoms with Crippen LogP contribution in [0.3, 0.4) is 0 Å². The lowest BCUT2D eigenvalue weighted by atomic mass is 9.89. The summed E-state index contributed by atoms with van der Waals surface area (Å²) in [6.45, 7) is 1.09. The Balaban J connectivity index is 1.87. The van der Waals surface area contributed by atoms with Crippen molar-refractivity contribution in [2.75, 3.05) is 6.54 Å². The molecular weight excluding hydrogens is 203 g/mol. The largest absolute Gasteiger partial charge is 0.310 e. The summed E-state index contributed by atoms with van der Waals surface area (Å²) in [6, 6.07) is 3.72. The summed E-state index contributed by atoms with van der Waals surface area (Å²) in [5.74, 6) is 0.323. The predicted octanol–water partition coefficient (Wildman–Crippen LogP) is 2.38. The number of allylic oxidation sites excluding steroid dienone is 1. The van der Waals surface area contributed by atoms with Gasteiger partial charge in [0.15, 0.2) is 0 Å². The van der Waals surface area contributed by atoms with Crippen molar-refractivity contribution in [1.82, 2.24) is 10.3 Å². The van der Waals surface area contributed by atoms with Crippen LogP contribution in [0, 0.1) is 11.9 Å². The first kappa shape index (κ1) is 9.97. The van der Waals surface area contributed by atoms with E-state index in [1.54, 1.807) is 6.20 Å². The summed E-state index contributed by atoms with van der Waals surface area (Å²) < 4.78 is 12.8. The van der Waals surface area contributed by atoms with Crippen LogP contribution in [0.2, 0.25) is 0 Å². The van der Waals surface area contributed by atoms with E-state index in [1.807, 2.05) is 6.07 Å². The van der Waals surface area contributed by atoms with Crippen molar-refractivity contribution in [3.63, 3.8) is 0 Å². The quantitative estimate of drug-likeness (QED) is 0.732. The third-order valence-corrected chi connectivity index (χ3v) is 3.62. The molecule has 0 spiro atoms. The fraction of sp³-hybridized carbons (Fsp3) is 0.462. The van der Waals surface area contributed by atoms with Gasteiger partial charge in [0, 0.05) is 12.2 Å². The van der Waals surface area contributed by atoms with Crippen LogP contribution >= 0.6 is 0 Å². The molecule has 1 saturated heterocycles. The molecule has 1 aliphatic carbocycles. The van der Waals surface area contributed by atoms with Gasteiger partial charge >= 0.3 is 0 Å². The molecule has 2 atom stereocenters. The molecule has 1 aromatic heterocycles. The summed E-state index contributed by atoms with van der Waals surface area (Å²) in [5, 5.41) is 3.55. The van der Waals surface area contributed by atoms with E-state index in [1.165, 1.54) is 24.5 Å². The monoisotopic (exact) mass is 218 g/mol. The Labute approximate surface area is 94.6 Å². The van der Waals surface area contributed by atoms with Crippen molar-refractivity contribution in [1.29, 1.82) is 0 Å². The van der Waals surface area contributed by atoms with Crippen LogP contribution in [-0.4, -0.2) is 17.6 Å². The second-order valence-corrected chi connectivity index (χ2v) is 4.60. The van der Waals surface area contributed by atoms with E-state index in [0.29, 0.717) is 6.04 Å². The average Bonchev–Trinajstić information content (AvgIpc) is 2.74. The zero-order valence-electron chi connectivity index (χ0n) is 9.12. The maximum atomic E-state index is 12.8. The first-order valence-electron chi connectivity index (χ1n) is 5.90. The van der Waals surface area contributed by atoms with Gasteiger partial charge in [0.25, 0.3) is 0 Å². The number of halogens is 1. The molecule has 2 aliphatic rings. The first-order valence-corrected chi connectivity index (χ1v) is 5.90. The van der Waals surface area contributed by atoms with Gasteiger partial charge in [-0.05, 0) is 55.0 Å². The molecule has 84 valence electrons. The maximum absolute atomic E-state index is 12.8. The number of fused-ring (bicyclic) bond motifs is 1. The van der Waals surface area contributed by atoms with Gasteiger partial charge < -0.3 is 5.32 Å². The molecule has 0 bridgehead atoms. The van der Waals surface area contributed by atoms with Crippen LogP contribution in [0.25, 0.3) is 5.57 Å². The molecule has 16 heavy (non-hydrogen) atoms. The van der Waals surface area contributed by atoms with E-state index in [2.05, 4.69) is 16.4 Å². The number of piperidine rings is 1. The van der Waals surface area contributed by atoms with Gasteiger partial charge in [-0.2, -0.15) is 4.39 Å². The normalized spacial score (nSPS) is 28.7. The number of aromatic nitrogens is 1. The SMILES string of the molecule is Fc1ccc(C2=CC[C@H]3CCCN[C@@H]23)cn1. The van der Waals surface area contributed by atoms with Crippen LogP contribution in [-0.2, 0) is 0 Å². The van der Waals surface area contributed by atoms with Crippen molar-refractivity contribution in [3.05, 3.63) is 35.9 Å². The highest BCUT2D eigenvalue weighted by atomic mass is 19.1. The molecule has 1 fully saturated rings. The topological polar surface area (TPSA) is 24.9 Å². The Bertz CT molecular complexity index is 410. The van der Waals surface area contributed by atoms with E-state index < -0.39 is 5.95 Å². The van der Waals surface area contributed by atoms with E-state index in [4.69, 9.17) is 0 Å². The second kappa shape index (κ2) is 3.98. The Morgan fingerprint density at radius 3 is 3.12 bits per heavy atom. The van der Waals surface area contributed by atoms with E-state index >= 15 is 0 Å². The Morgan fingerprint density at radius 2 is 2.31 bits per heavy atom. The standard InChI is InChI=1S/C13H15FN2/c14-12-6-4-10(8-16-12)11-5-3-9-2-1-7-15-13(9)11/h4-6,8-9,13,15H,1-3,7H2/t9-,13-/m1/s1. The fourth-order valence-corrected chi connectivity index (χ4v) is 2.82. The van der Waals surface area contributed by atoms with E-state index in [9.17, 15) is 4.39 Å². The molecule has 0 saturated carbocycles. The molecular formula is C13H15FN2. The molecule has 0 amide bonds. The number of nitrogens with one attached hydrogen (secondary N) is 1. The summed E-state index contributed by atoms with van der Waals surface area (Å²) >= 11 is 0. The number of pyridine rings is 1. The van der Waals surface area contributed by atoms with Crippen molar-refractivity contribution in [2.45, 2.75) is 25.3 Å². The molecule has 0 radical (unpaired) electrons. The third kappa shape index (κ3) is 1.65. The molecule has 1 aromatic rings. The van der Waals surface area contributed by atoms with Gasteiger partial charge in [0.05, 0.1) is 0 Å². The van der Waals surface area contributed by atoms with Crippen LogP contribution in [0.5, 0.6) is 0 Å². The summed E-state index contributed by atoms with van der Waals surface area (Å²) in [6.07, 6.45) is 7.63. The van der Waals surface area contributed by atoms with Gasteiger partial charge in [-0.25, -0.2) is 4.98 Å². The fourth-order valence-electron chi connectivity index (χ4n) is 2.82. The number of nitrogens with zero attached hydrogens (tertiary/aromatic N) is 1.